The second-order valence-corrected chi connectivity index (χ2v) is 9.27. The molecule has 0 radical (unpaired) electrons. The number of nitrogens with one attached hydrogen (secondary N) is 1. The van der Waals surface area contributed by atoms with Crippen LogP contribution in [0.1, 0.15) is 19.8 Å². The lowest BCUT2D eigenvalue weighted by Gasteiger charge is -2.37. The van der Waals surface area contributed by atoms with Crippen molar-refractivity contribution >= 4 is 35.5 Å². The van der Waals surface area contributed by atoms with E-state index in [9.17, 15) is 4.79 Å². The van der Waals surface area contributed by atoms with Crippen LogP contribution in [0, 0.1) is 11.8 Å². The summed E-state index contributed by atoms with van der Waals surface area (Å²) in [6, 6.07) is -0.0116. The first-order chi connectivity index (χ1) is 15.5. The van der Waals surface area contributed by atoms with Gasteiger partial charge in [0, 0.05) is 49.1 Å². The molecule has 1 fully saturated rings. The number of carbonyl (C=O) groups is 1. The van der Waals surface area contributed by atoms with Crippen molar-refractivity contribution in [2.75, 3.05) is 36.9 Å². The monoisotopic (exact) mass is 450 g/mol. The highest BCUT2D eigenvalue weighted by molar-refractivity contribution is 6.32. The van der Waals surface area contributed by atoms with Crippen LogP contribution in [0.3, 0.4) is 0 Å². The Kier molecular flexibility index (Phi) is 5.59. The Labute approximate surface area is 193 Å². The van der Waals surface area contributed by atoms with Gasteiger partial charge in [-0.15, -0.1) is 0 Å². The third kappa shape index (κ3) is 3.97. The minimum Gasteiger partial charge on any atom is -0.341 e. The minimum absolute atomic E-state index is 0.0116. The van der Waals surface area contributed by atoms with E-state index in [4.69, 9.17) is 16.6 Å². The van der Waals surface area contributed by atoms with E-state index >= 15 is 0 Å². The molecule has 1 aromatic heterocycles. The van der Waals surface area contributed by atoms with E-state index in [1.807, 2.05) is 25.3 Å². The summed E-state index contributed by atoms with van der Waals surface area (Å²) < 4.78 is 0. The van der Waals surface area contributed by atoms with Crippen molar-refractivity contribution in [2.45, 2.75) is 25.8 Å². The van der Waals surface area contributed by atoms with E-state index in [1.165, 1.54) is 0 Å². The number of anilines is 2. The fraction of sp³-hybridized carbons (Fsp3) is 0.417. The van der Waals surface area contributed by atoms with E-state index in [1.54, 1.807) is 17.3 Å². The van der Waals surface area contributed by atoms with Crippen LogP contribution in [0.15, 0.2) is 58.4 Å². The maximum Gasteiger partial charge on any atom is 0.254 e. The molecule has 1 saturated heterocycles. The predicted molar refractivity (Wildman–Crippen MR) is 128 cm³/mol. The molecule has 4 heterocycles. The van der Waals surface area contributed by atoms with Crippen LogP contribution >= 0.6 is 11.6 Å². The van der Waals surface area contributed by atoms with Crippen LogP contribution in [0.5, 0.6) is 0 Å². The number of nitrogens with zero attached hydrogens (tertiary/aromatic N) is 5. The van der Waals surface area contributed by atoms with Gasteiger partial charge >= 0.3 is 0 Å². The molecule has 0 spiro atoms. The van der Waals surface area contributed by atoms with Gasteiger partial charge in [-0.3, -0.25) is 9.79 Å². The summed E-state index contributed by atoms with van der Waals surface area (Å²) in [6.07, 6.45) is 15.9. The van der Waals surface area contributed by atoms with E-state index in [-0.39, 0.29) is 17.9 Å². The molecular formula is C24H27ClN6O. The van der Waals surface area contributed by atoms with Gasteiger partial charge in [-0.25, -0.2) is 4.98 Å². The van der Waals surface area contributed by atoms with Crippen LogP contribution in [-0.2, 0) is 4.79 Å². The summed E-state index contributed by atoms with van der Waals surface area (Å²) in [5, 5.41) is 3.85. The van der Waals surface area contributed by atoms with Crippen LogP contribution in [-0.4, -0.2) is 59.7 Å². The maximum absolute atomic E-state index is 12.8. The van der Waals surface area contributed by atoms with Crippen molar-refractivity contribution in [1.29, 1.82) is 0 Å². The molecule has 1 N–H and O–H groups in total. The number of hydrogen-bond donors (Lipinski definition) is 1. The first-order valence-electron chi connectivity index (χ1n) is 11.1. The number of likely N-dealkylation sites (N-methyl/N-ethyl adjacent to an activating group) is 1. The Morgan fingerprint density at radius 2 is 2.03 bits per heavy atom. The van der Waals surface area contributed by atoms with Gasteiger partial charge in [-0.1, -0.05) is 42.8 Å². The molecule has 32 heavy (non-hydrogen) atoms. The molecule has 1 aliphatic carbocycles. The van der Waals surface area contributed by atoms with Gasteiger partial charge in [0.2, 0.25) is 5.95 Å². The highest BCUT2D eigenvalue weighted by atomic mass is 35.5. The van der Waals surface area contributed by atoms with E-state index in [0.717, 1.165) is 43.1 Å². The lowest BCUT2D eigenvalue weighted by Crippen LogP contribution is -2.45. The molecule has 0 saturated carbocycles. The zero-order chi connectivity index (χ0) is 22.2. The number of hydrogen-bond acceptors (Lipinski definition) is 6. The number of halogens is 1. The Hall–Kier alpha value is -2.93. The minimum atomic E-state index is -0.0116. The number of aromatic nitrogens is 2. The maximum atomic E-state index is 12.8. The molecule has 1 amide bonds. The molecule has 2 unspecified atom stereocenters. The van der Waals surface area contributed by atoms with E-state index < -0.39 is 0 Å². The van der Waals surface area contributed by atoms with Crippen molar-refractivity contribution < 1.29 is 4.79 Å². The number of allylic oxidation sites excluding steroid dienone is 1. The van der Waals surface area contributed by atoms with Gasteiger partial charge in [0.05, 0.1) is 18.8 Å². The SMILES string of the molecule is CC1CCN(c2ncc(Cl)c(NC3=CC4C=C(C5=CCN=C5)C(=O)N(C)C4C=C3)n2)CC1. The van der Waals surface area contributed by atoms with Crippen molar-refractivity contribution in [3.05, 3.63) is 58.4 Å². The van der Waals surface area contributed by atoms with Crippen LogP contribution in [0.2, 0.25) is 5.02 Å². The summed E-state index contributed by atoms with van der Waals surface area (Å²) in [6.45, 7) is 4.84. The number of fused-ring (bicyclic) bond motifs is 1. The van der Waals surface area contributed by atoms with Crippen molar-refractivity contribution in [3.63, 3.8) is 0 Å². The Bertz CT molecular complexity index is 1080. The van der Waals surface area contributed by atoms with Gasteiger partial charge < -0.3 is 15.1 Å². The van der Waals surface area contributed by atoms with Gasteiger partial charge in [-0.2, -0.15) is 4.98 Å². The molecule has 0 aromatic carbocycles. The van der Waals surface area contributed by atoms with Crippen LogP contribution in [0.4, 0.5) is 11.8 Å². The second-order valence-electron chi connectivity index (χ2n) is 8.86. The Balaban J connectivity index is 1.38. The summed E-state index contributed by atoms with van der Waals surface area (Å²) in [7, 11) is 1.85. The number of amides is 1. The smallest absolute Gasteiger partial charge is 0.254 e. The third-order valence-electron chi connectivity index (χ3n) is 6.61. The third-order valence-corrected chi connectivity index (χ3v) is 6.89. The molecule has 8 heteroatoms. The summed E-state index contributed by atoms with van der Waals surface area (Å²) >= 11 is 6.42. The number of rotatable bonds is 4. The number of carbonyl (C=O) groups excluding carboxylic acids is 1. The average molecular weight is 451 g/mol. The normalized spacial score (nSPS) is 25.5. The fourth-order valence-corrected chi connectivity index (χ4v) is 4.73. The summed E-state index contributed by atoms with van der Waals surface area (Å²) in [5.74, 6) is 2.13. The van der Waals surface area contributed by atoms with Gasteiger partial charge in [0.15, 0.2) is 5.82 Å². The first kappa shape index (κ1) is 20.9. The van der Waals surface area contributed by atoms with Crippen molar-refractivity contribution in [3.8, 4) is 0 Å². The molecule has 7 nitrogen and oxygen atoms in total. The first-order valence-corrected chi connectivity index (χ1v) is 11.5. The summed E-state index contributed by atoms with van der Waals surface area (Å²) in [4.78, 5) is 30.2. The molecule has 2 atom stereocenters. The van der Waals surface area contributed by atoms with Gasteiger partial charge in [-0.05, 0) is 24.8 Å². The zero-order valence-electron chi connectivity index (χ0n) is 18.3. The van der Waals surface area contributed by atoms with E-state index in [2.05, 4.69) is 39.3 Å². The van der Waals surface area contributed by atoms with Crippen molar-refractivity contribution in [2.24, 2.45) is 16.8 Å². The van der Waals surface area contributed by atoms with Gasteiger partial charge in [0.1, 0.15) is 5.02 Å². The highest BCUT2D eigenvalue weighted by Gasteiger charge is 2.34. The van der Waals surface area contributed by atoms with E-state index in [0.29, 0.717) is 28.9 Å². The van der Waals surface area contributed by atoms with Gasteiger partial charge in [0.25, 0.3) is 5.91 Å². The molecule has 1 aromatic rings. The standard InChI is InChI=1S/C24H27ClN6O/c1-15-6-9-31(10-7-15)24-27-14-20(25)22(29-24)28-18-3-4-21-17(11-18)12-19(23(32)30(21)2)16-5-8-26-13-16/h3-5,11-15,17,21H,6-10H2,1-2H3,(H,27,28,29). The molecular weight excluding hydrogens is 424 g/mol. The number of aliphatic imine (C=N–C) groups is 1. The molecule has 5 rings (SSSR count). The summed E-state index contributed by atoms with van der Waals surface area (Å²) in [5.41, 5.74) is 2.51. The Morgan fingerprint density at radius 3 is 2.78 bits per heavy atom. The molecule has 166 valence electrons. The van der Waals surface area contributed by atoms with Crippen LogP contribution < -0.4 is 10.2 Å². The molecule has 3 aliphatic heterocycles. The molecule has 0 bridgehead atoms. The second kappa shape index (κ2) is 8.54. The quantitative estimate of drug-likeness (QED) is 0.758. The lowest BCUT2D eigenvalue weighted by molar-refractivity contribution is -0.128. The largest absolute Gasteiger partial charge is 0.341 e. The number of piperidine rings is 1. The van der Waals surface area contributed by atoms with Crippen molar-refractivity contribution in [1.82, 2.24) is 14.9 Å². The topological polar surface area (TPSA) is 73.7 Å². The fourth-order valence-electron chi connectivity index (χ4n) is 4.60. The average Bonchev–Trinajstić information content (AvgIpc) is 3.33. The molecule has 4 aliphatic rings. The Morgan fingerprint density at radius 1 is 1.22 bits per heavy atom. The highest BCUT2D eigenvalue weighted by Crippen LogP contribution is 2.33. The predicted octanol–water partition coefficient (Wildman–Crippen LogP) is 3.63. The lowest BCUT2D eigenvalue weighted by atomic mass is 9.85. The van der Waals surface area contributed by atoms with Crippen LogP contribution in [0.25, 0.3) is 0 Å². The zero-order valence-corrected chi connectivity index (χ0v) is 19.1.